The Morgan fingerprint density at radius 1 is 1.29 bits per heavy atom. The van der Waals surface area contributed by atoms with E-state index < -0.39 is 0 Å². The Morgan fingerprint density at radius 2 is 2.06 bits per heavy atom. The van der Waals surface area contributed by atoms with Crippen LogP contribution in [0.5, 0.6) is 5.75 Å². The Bertz CT molecular complexity index is 440. The van der Waals surface area contributed by atoms with Gasteiger partial charge in [0.1, 0.15) is 11.9 Å². The Labute approximate surface area is 99.2 Å². The maximum absolute atomic E-state index is 5.69. The van der Waals surface area contributed by atoms with Crippen molar-refractivity contribution in [1.29, 1.82) is 0 Å². The lowest BCUT2D eigenvalue weighted by molar-refractivity contribution is 0.242. The van der Waals surface area contributed by atoms with Gasteiger partial charge in [0, 0.05) is 6.42 Å². The van der Waals surface area contributed by atoms with Crippen LogP contribution in [0.2, 0.25) is 0 Å². The van der Waals surface area contributed by atoms with Crippen molar-refractivity contribution in [2.75, 3.05) is 6.54 Å². The van der Waals surface area contributed by atoms with Crippen molar-refractivity contribution in [1.82, 2.24) is 0 Å². The van der Waals surface area contributed by atoms with E-state index in [1.807, 2.05) is 24.3 Å². The molecule has 1 unspecified atom stereocenters. The van der Waals surface area contributed by atoms with Gasteiger partial charge >= 0.3 is 0 Å². The summed E-state index contributed by atoms with van der Waals surface area (Å²) in [6.07, 6.45) is 0.828. The number of rotatable bonds is 2. The molecule has 6 heteroatoms. The topological polar surface area (TPSA) is 112 Å². The Morgan fingerprint density at radius 3 is 2.76 bits per heavy atom. The number of guanidine groups is 2. The highest BCUT2D eigenvalue weighted by Gasteiger charge is 2.21. The number of para-hydroxylation sites is 1. The van der Waals surface area contributed by atoms with Crippen LogP contribution >= 0.6 is 0 Å². The molecule has 6 N–H and O–H groups in total. The van der Waals surface area contributed by atoms with Gasteiger partial charge in [-0.15, -0.1) is 0 Å². The third-order valence-corrected chi connectivity index (χ3v) is 2.41. The van der Waals surface area contributed by atoms with Crippen LogP contribution in [-0.2, 0) is 6.42 Å². The van der Waals surface area contributed by atoms with Crippen molar-refractivity contribution in [2.45, 2.75) is 12.5 Å². The minimum Gasteiger partial charge on any atom is -0.488 e. The average Bonchev–Trinajstić information content (AvgIpc) is 2.68. The van der Waals surface area contributed by atoms with Gasteiger partial charge in [-0.3, -0.25) is 0 Å². The van der Waals surface area contributed by atoms with Gasteiger partial charge in [-0.2, -0.15) is 4.99 Å². The van der Waals surface area contributed by atoms with Crippen LogP contribution < -0.4 is 21.9 Å². The molecule has 1 aromatic rings. The van der Waals surface area contributed by atoms with Gasteiger partial charge in [-0.25, -0.2) is 4.99 Å². The summed E-state index contributed by atoms with van der Waals surface area (Å²) in [6.45, 7) is 0.442. The number of benzene rings is 1. The van der Waals surface area contributed by atoms with Crippen molar-refractivity contribution < 1.29 is 4.74 Å². The van der Waals surface area contributed by atoms with Crippen molar-refractivity contribution in [2.24, 2.45) is 27.2 Å². The summed E-state index contributed by atoms with van der Waals surface area (Å²) in [5, 5.41) is 0. The number of nitrogens with two attached hydrogens (primary N) is 3. The quantitative estimate of drug-likeness (QED) is 0.475. The van der Waals surface area contributed by atoms with E-state index in [1.165, 1.54) is 5.56 Å². The standard InChI is InChI=1S/C11H15N5O/c12-10(13)16-11(14)15-6-8-5-7-3-1-2-4-9(7)17-8/h1-4,8H,5-6H2,(H6,12,13,14,15,16). The fraction of sp³-hybridized carbons (Fsp3) is 0.273. The van der Waals surface area contributed by atoms with Crippen LogP contribution in [0.25, 0.3) is 0 Å². The van der Waals surface area contributed by atoms with Gasteiger partial charge in [0.2, 0.25) is 5.96 Å². The molecule has 0 saturated heterocycles. The van der Waals surface area contributed by atoms with Gasteiger partial charge < -0.3 is 21.9 Å². The predicted molar refractivity (Wildman–Crippen MR) is 66.9 cm³/mol. The SMILES string of the molecule is NC(N)=NC(N)=NCC1Cc2ccccc2O1. The minimum atomic E-state index is -0.0955. The third-order valence-electron chi connectivity index (χ3n) is 2.41. The second kappa shape index (κ2) is 4.73. The third kappa shape index (κ3) is 2.87. The largest absolute Gasteiger partial charge is 0.488 e. The lowest BCUT2D eigenvalue weighted by Gasteiger charge is -2.06. The summed E-state index contributed by atoms with van der Waals surface area (Å²) in [5.41, 5.74) is 17.1. The molecule has 0 bridgehead atoms. The van der Waals surface area contributed by atoms with Crippen molar-refractivity contribution in [3.05, 3.63) is 29.8 Å². The van der Waals surface area contributed by atoms with E-state index in [0.717, 1.165) is 12.2 Å². The van der Waals surface area contributed by atoms with E-state index in [1.54, 1.807) is 0 Å². The van der Waals surface area contributed by atoms with Crippen LogP contribution in [-0.4, -0.2) is 24.6 Å². The molecule has 0 aliphatic carbocycles. The number of hydrogen-bond donors (Lipinski definition) is 3. The molecular weight excluding hydrogens is 218 g/mol. The maximum atomic E-state index is 5.69. The summed E-state index contributed by atoms with van der Waals surface area (Å²) in [5.74, 6) is 0.888. The van der Waals surface area contributed by atoms with Gasteiger partial charge in [0.05, 0.1) is 6.54 Å². The average molecular weight is 233 g/mol. The van der Waals surface area contributed by atoms with Gasteiger partial charge in [0.15, 0.2) is 5.96 Å². The first kappa shape index (κ1) is 11.3. The van der Waals surface area contributed by atoms with Gasteiger partial charge in [-0.1, -0.05) is 18.2 Å². The van der Waals surface area contributed by atoms with Crippen LogP contribution in [0, 0.1) is 0 Å². The van der Waals surface area contributed by atoms with E-state index in [0.29, 0.717) is 6.54 Å². The van der Waals surface area contributed by atoms with Crippen molar-refractivity contribution >= 4 is 11.9 Å². The summed E-state index contributed by atoms with van der Waals surface area (Å²) >= 11 is 0. The van der Waals surface area contributed by atoms with Crippen molar-refractivity contribution in [3.8, 4) is 5.75 Å². The molecule has 1 aliphatic rings. The summed E-state index contributed by atoms with van der Waals surface area (Å²) in [6, 6.07) is 7.91. The van der Waals surface area contributed by atoms with Crippen LogP contribution in [0.1, 0.15) is 5.56 Å². The van der Waals surface area contributed by atoms with Crippen molar-refractivity contribution in [3.63, 3.8) is 0 Å². The Kier molecular flexibility index (Phi) is 3.13. The first-order valence-electron chi connectivity index (χ1n) is 5.29. The van der Waals surface area contributed by atoms with Crippen LogP contribution in [0.3, 0.4) is 0 Å². The molecule has 0 aromatic heterocycles. The fourth-order valence-electron chi connectivity index (χ4n) is 1.72. The molecule has 1 aliphatic heterocycles. The van der Waals surface area contributed by atoms with E-state index >= 15 is 0 Å². The minimum absolute atomic E-state index is 0.000138. The molecule has 1 atom stereocenters. The lowest BCUT2D eigenvalue weighted by atomic mass is 10.1. The highest BCUT2D eigenvalue weighted by molar-refractivity contribution is 5.92. The summed E-state index contributed by atoms with van der Waals surface area (Å²) in [7, 11) is 0. The monoisotopic (exact) mass is 233 g/mol. The molecule has 2 rings (SSSR count). The second-order valence-corrected chi connectivity index (χ2v) is 3.79. The molecule has 17 heavy (non-hydrogen) atoms. The molecule has 0 spiro atoms. The summed E-state index contributed by atoms with van der Waals surface area (Å²) in [4.78, 5) is 7.68. The first-order chi connectivity index (χ1) is 8.15. The molecule has 6 nitrogen and oxygen atoms in total. The lowest BCUT2D eigenvalue weighted by Crippen LogP contribution is -2.27. The first-order valence-corrected chi connectivity index (χ1v) is 5.29. The maximum Gasteiger partial charge on any atom is 0.218 e. The van der Waals surface area contributed by atoms with Gasteiger partial charge in [0.25, 0.3) is 0 Å². The molecule has 1 aromatic carbocycles. The molecule has 90 valence electrons. The molecule has 1 heterocycles. The second-order valence-electron chi connectivity index (χ2n) is 3.79. The fourth-order valence-corrected chi connectivity index (χ4v) is 1.72. The highest BCUT2D eigenvalue weighted by Crippen LogP contribution is 2.27. The van der Waals surface area contributed by atoms with E-state index in [4.69, 9.17) is 21.9 Å². The van der Waals surface area contributed by atoms with Crippen LogP contribution in [0.4, 0.5) is 0 Å². The van der Waals surface area contributed by atoms with Crippen LogP contribution in [0.15, 0.2) is 34.3 Å². The van der Waals surface area contributed by atoms with E-state index in [2.05, 4.69) is 9.98 Å². The van der Waals surface area contributed by atoms with E-state index in [9.17, 15) is 0 Å². The number of nitrogens with zero attached hydrogens (tertiary/aromatic N) is 2. The smallest absolute Gasteiger partial charge is 0.218 e. The molecule has 0 amide bonds. The zero-order chi connectivity index (χ0) is 12.3. The normalized spacial score (nSPS) is 18.4. The zero-order valence-electron chi connectivity index (χ0n) is 9.34. The molecule has 0 saturated carbocycles. The Balaban J connectivity index is 1.94. The van der Waals surface area contributed by atoms with E-state index in [-0.39, 0.29) is 18.0 Å². The summed E-state index contributed by atoms with van der Waals surface area (Å²) < 4.78 is 5.69. The molecule has 0 radical (unpaired) electrons. The number of ether oxygens (including phenoxy) is 1. The number of fused-ring (bicyclic) bond motifs is 1. The molecular formula is C11H15N5O. The number of hydrogen-bond acceptors (Lipinski definition) is 2. The zero-order valence-corrected chi connectivity index (χ0v) is 9.34. The van der Waals surface area contributed by atoms with Gasteiger partial charge in [-0.05, 0) is 11.6 Å². The molecule has 0 fully saturated rings. The predicted octanol–water partition coefficient (Wildman–Crippen LogP) is -0.422. The number of aliphatic imine (C=N–C) groups is 2. The highest BCUT2D eigenvalue weighted by atomic mass is 16.5. The Hall–Kier alpha value is -2.24.